The zero-order chi connectivity index (χ0) is 18.4. The zero-order valence-electron chi connectivity index (χ0n) is 13.0. The number of carbonyl (C=O) groups excluding carboxylic acids is 1. The van der Waals surface area contributed by atoms with E-state index >= 15 is 0 Å². The third-order valence-corrected chi connectivity index (χ3v) is 3.79. The number of halogens is 4. The van der Waals surface area contributed by atoms with Crippen LogP contribution >= 0.6 is 11.6 Å². The molecule has 0 fully saturated rings. The molecule has 1 amide bonds. The topological polar surface area (TPSA) is 73.6 Å². The first-order valence-electron chi connectivity index (χ1n) is 7.37. The van der Waals surface area contributed by atoms with Gasteiger partial charge < -0.3 is 11.1 Å². The van der Waals surface area contributed by atoms with Gasteiger partial charge in [-0.25, -0.2) is 0 Å². The molecule has 0 aromatic heterocycles. The van der Waals surface area contributed by atoms with Crippen LogP contribution in [-0.4, -0.2) is 18.5 Å². The highest BCUT2D eigenvalue weighted by atomic mass is 35.5. The fraction of sp³-hybridized carbons (Fsp3) is 0.312. The molecule has 1 aromatic carbocycles. The zero-order valence-corrected chi connectivity index (χ0v) is 13.7. The summed E-state index contributed by atoms with van der Waals surface area (Å²) in [6.45, 7) is 0.244. The molecule has 9 heteroatoms. The van der Waals surface area contributed by atoms with Crippen molar-refractivity contribution in [1.29, 1.82) is 0 Å². The first kappa shape index (κ1) is 19.1. The van der Waals surface area contributed by atoms with Crippen LogP contribution in [0.5, 0.6) is 0 Å². The number of alkyl halides is 3. The van der Waals surface area contributed by atoms with E-state index in [2.05, 4.69) is 15.1 Å². The van der Waals surface area contributed by atoms with Crippen molar-refractivity contribution in [3.63, 3.8) is 0 Å². The standard InChI is InChI=1S/C16H16ClF3N2O3/c17-13-3-1-2-12(16(18,19)20)14(13)15(23)22-11(4-6-21)8-10-5-7-24-25-9-10/h1-3,5,7,9,11H,4,6,8,21H2,(H,22,23)/t11-/m1/s1. The molecule has 1 heterocycles. The molecule has 0 spiro atoms. The summed E-state index contributed by atoms with van der Waals surface area (Å²) in [5, 5.41) is 2.29. The van der Waals surface area contributed by atoms with Gasteiger partial charge in [-0.05, 0) is 43.2 Å². The molecule has 0 unspecified atom stereocenters. The second kappa shape index (κ2) is 8.26. The summed E-state index contributed by atoms with van der Waals surface area (Å²) < 4.78 is 39.4. The molecule has 0 radical (unpaired) electrons. The summed E-state index contributed by atoms with van der Waals surface area (Å²) in [5.41, 5.74) is 4.53. The van der Waals surface area contributed by atoms with Crippen LogP contribution in [0.25, 0.3) is 0 Å². The van der Waals surface area contributed by atoms with Crippen LogP contribution in [0.2, 0.25) is 5.02 Å². The van der Waals surface area contributed by atoms with Gasteiger partial charge in [-0.2, -0.15) is 13.2 Å². The lowest BCUT2D eigenvalue weighted by molar-refractivity contribution is -0.199. The minimum Gasteiger partial charge on any atom is -0.349 e. The SMILES string of the molecule is NCC[C@H](CC1=COOC=C1)NC(=O)c1c(Cl)cccc1C(F)(F)F. The number of hydrogen-bond acceptors (Lipinski definition) is 4. The molecule has 1 aliphatic rings. The van der Waals surface area contributed by atoms with Crippen molar-refractivity contribution in [2.45, 2.75) is 25.1 Å². The lowest BCUT2D eigenvalue weighted by Gasteiger charge is -2.21. The van der Waals surface area contributed by atoms with Gasteiger partial charge in [0.1, 0.15) is 12.5 Å². The molecule has 0 aliphatic carbocycles. The van der Waals surface area contributed by atoms with Crippen molar-refractivity contribution >= 4 is 17.5 Å². The number of amides is 1. The molecule has 1 aromatic rings. The summed E-state index contributed by atoms with van der Waals surface area (Å²) in [5.74, 6) is -0.908. The Kier molecular flexibility index (Phi) is 6.33. The van der Waals surface area contributed by atoms with Gasteiger partial charge in [0.2, 0.25) is 0 Å². The predicted molar refractivity (Wildman–Crippen MR) is 85.4 cm³/mol. The Morgan fingerprint density at radius 2 is 2.08 bits per heavy atom. The molecule has 1 aliphatic heterocycles. The average molecular weight is 377 g/mol. The minimum atomic E-state index is -4.69. The summed E-state index contributed by atoms with van der Waals surface area (Å²) in [4.78, 5) is 21.7. The van der Waals surface area contributed by atoms with Gasteiger partial charge in [0.05, 0.1) is 16.1 Å². The molecule has 5 nitrogen and oxygen atoms in total. The van der Waals surface area contributed by atoms with Crippen molar-refractivity contribution in [3.8, 4) is 0 Å². The second-order valence-electron chi connectivity index (χ2n) is 5.30. The van der Waals surface area contributed by atoms with E-state index < -0.39 is 29.3 Å². The van der Waals surface area contributed by atoms with Gasteiger partial charge in [0.15, 0.2) is 0 Å². The van der Waals surface area contributed by atoms with E-state index in [0.29, 0.717) is 18.4 Å². The van der Waals surface area contributed by atoms with E-state index in [0.717, 1.165) is 12.1 Å². The number of benzene rings is 1. The molecular weight excluding hydrogens is 361 g/mol. The Labute approximate surface area is 147 Å². The lowest BCUT2D eigenvalue weighted by Crippen LogP contribution is -2.37. The van der Waals surface area contributed by atoms with Crippen molar-refractivity contribution in [3.05, 3.63) is 58.5 Å². The number of allylic oxidation sites excluding steroid dienone is 1. The molecule has 0 saturated carbocycles. The fourth-order valence-electron chi connectivity index (χ4n) is 2.35. The van der Waals surface area contributed by atoms with Crippen LogP contribution in [0.1, 0.15) is 28.8 Å². The van der Waals surface area contributed by atoms with Crippen LogP contribution in [0, 0.1) is 0 Å². The van der Waals surface area contributed by atoms with Gasteiger partial charge in [-0.1, -0.05) is 17.7 Å². The Morgan fingerprint density at radius 3 is 2.68 bits per heavy atom. The number of nitrogens with one attached hydrogen (secondary N) is 1. The predicted octanol–water partition coefficient (Wildman–Crippen LogP) is 3.56. The van der Waals surface area contributed by atoms with Crippen LogP contribution in [0.15, 0.2) is 42.4 Å². The first-order valence-corrected chi connectivity index (χ1v) is 7.75. The highest BCUT2D eigenvalue weighted by Gasteiger charge is 2.36. The van der Waals surface area contributed by atoms with Gasteiger partial charge in [-0.15, -0.1) is 0 Å². The first-order chi connectivity index (χ1) is 11.8. The van der Waals surface area contributed by atoms with Crippen molar-refractivity contribution in [2.24, 2.45) is 5.73 Å². The summed E-state index contributed by atoms with van der Waals surface area (Å²) >= 11 is 5.84. The highest BCUT2D eigenvalue weighted by Crippen LogP contribution is 2.35. The van der Waals surface area contributed by atoms with E-state index in [4.69, 9.17) is 17.3 Å². The third-order valence-electron chi connectivity index (χ3n) is 3.47. The van der Waals surface area contributed by atoms with Crippen molar-refractivity contribution in [2.75, 3.05) is 6.54 Å². The third kappa shape index (κ3) is 5.14. The van der Waals surface area contributed by atoms with Gasteiger partial charge in [-0.3, -0.25) is 14.6 Å². The molecule has 25 heavy (non-hydrogen) atoms. The number of hydrogen-bond donors (Lipinski definition) is 2. The number of rotatable bonds is 6. The van der Waals surface area contributed by atoms with Crippen molar-refractivity contribution < 1.29 is 27.7 Å². The van der Waals surface area contributed by atoms with E-state index in [9.17, 15) is 18.0 Å². The monoisotopic (exact) mass is 376 g/mol. The Balaban J connectivity index is 2.21. The highest BCUT2D eigenvalue weighted by molar-refractivity contribution is 6.34. The van der Waals surface area contributed by atoms with Gasteiger partial charge in [0, 0.05) is 6.04 Å². The van der Waals surface area contributed by atoms with E-state index in [1.54, 1.807) is 6.08 Å². The molecule has 136 valence electrons. The smallest absolute Gasteiger partial charge is 0.349 e. The Hall–Kier alpha value is -2.19. The second-order valence-corrected chi connectivity index (χ2v) is 5.71. The van der Waals surface area contributed by atoms with Crippen molar-refractivity contribution in [1.82, 2.24) is 5.32 Å². The summed E-state index contributed by atoms with van der Waals surface area (Å²) in [6.07, 6.45) is 0.257. The Bertz CT molecular complexity index is 690. The maximum Gasteiger partial charge on any atom is 0.417 e. The van der Waals surface area contributed by atoms with Gasteiger partial charge in [0.25, 0.3) is 5.91 Å². The van der Waals surface area contributed by atoms with E-state index in [-0.39, 0.29) is 11.6 Å². The molecule has 2 rings (SSSR count). The van der Waals surface area contributed by atoms with E-state index in [1.807, 2.05) is 0 Å². The molecule has 1 atom stereocenters. The minimum absolute atomic E-state index is 0.244. The number of carbonyl (C=O) groups is 1. The normalized spacial score (nSPS) is 15.0. The molecule has 0 saturated heterocycles. The van der Waals surface area contributed by atoms with E-state index in [1.165, 1.54) is 18.6 Å². The quantitative estimate of drug-likeness (QED) is 0.745. The van der Waals surface area contributed by atoms with Crippen LogP contribution in [-0.2, 0) is 16.0 Å². The van der Waals surface area contributed by atoms with Crippen LogP contribution in [0.4, 0.5) is 13.2 Å². The molecule has 3 N–H and O–H groups in total. The van der Waals surface area contributed by atoms with Crippen LogP contribution < -0.4 is 11.1 Å². The van der Waals surface area contributed by atoms with Gasteiger partial charge >= 0.3 is 6.18 Å². The maximum absolute atomic E-state index is 13.1. The number of nitrogens with two attached hydrogens (primary N) is 1. The summed E-state index contributed by atoms with van der Waals surface area (Å²) in [7, 11) is 0. The molecule has 0 bridgehead atoms. The Morgan fingerprint density at radius 1 is 1.32 bits per heavy atom. The average Bonchev–Trinajstić information content (AvgIpc) is 2.54. The summed E-state index contributed by atoms with van der Waals surface area (Å²) in [6, 6.07) is 2.71. The van der Waals surface area contributed by atoms with Crippen LogP contribution in [0.3, 0.4) is 0 Å². The largest absolute Gasteiger partial charge is 0.417 e. The molecular formula is C16H16ClF3N2O3. The maximum atomic E-state index is 13.1. The lowest BCUT2D eigenvalue weighted by atomic mass is 10.0. The fourth-order valence-corrected chi connectivity index (χ4v) is 2.61.